The second kappa shape index (κ2) is 7.32. The van der Waals surface area contributed by atoms with E-state index in [1.165, 1.54) is 6.92 Å². The molecule has 0 radical (unpaired) electrons. The van der Waals surface area contributed by atoms with Gasteiger partial charge in [0.1, 0.15) is 0 Å². The third-order valence-electron chi connectivity index (χ3n) is 6.71. The van der Waals surface area contributed by atoms with E-state index in [0.29, 0.717) is 0 Å². The van der Waals surface area contributed by atoms with Crippen molar-refractivity contribution in [3.8, 4) is 0 Å². The summed E-state index contributed by atoms with van der Waals surface area (Å²) in [6.07, 6.45) is -15.5. The van der Waals surface area contributed by atoms with Crippen molar-refractivity contribution in [2.45, 2.75) is 63.2 Å². The summed E-state index contributed by atoms with van der Waals surface area (Å²) in [5, 5.41) is 0. The summed E-state index contributed by atoms with van der Waals surface area (Å²) in [5.41, 5.74) is -3.09. The first-order chi connectivity index (χ1) is 13.6. The molecule has 2 saturated carbocycles. The topological polar surface area (TPSA) is 26.3 Å². The van der Waals surface area contributed by atoms with Gasteiger partial charge in [-0.3, -0.25) is 4.79 Å². The van der Waals surface area contributed by atoms with Crippen molar-refractivity contribution in [1.29, 1.82) is 0 Å². The highest BCUT2D eigenvalue weighted by Gasteiger charge is 2.81. The lowest BCUT2D eigenvalue weighted by Crippen LogP contribution is -2.61. The zero-order valence-electron chi connectivity index (χ0n) is 16.0. The number of rotatable bonds is 6. The van der Waals surface area contributed by atoms with Crippen LogP contribution < -0.4 is 0 Å². The van der Waals surface area contributed by atoms with Crippen LogP contribution in [0, 0.1) is 29.1 Å². The van der Waals surface area contributed by atoms with Crippen molar-refractivity contribution in [2.24, 2.45) is 29.1 Å². The molecule has 0 aromatic carbocycles. The van der Waals surface area contributed by atoms with Crippen molar-refractivity contribution in [1.82, 2.24) is 0 Å². The summed E-state index contributed by atoms with van der Waals surface area (Å²) in [4.78, 5) is 12.2. The Morgan fingerprint density at radius 2 is 1.39 bits per heavy atom. The van der Waals surface area contributed by atoms with Gasteiger partial charge in [-0.2, -0.15) is 52.7 Å². The molecule has 31 heavy (non-hydrogen) atoms. The molecular formula is C17H18F12O2. The van der Waals surface area contributed by atoms with Crippen LogP contribution in [0.5, 0.6) is 0 Å². The molecule has 14 heteroatoms. The zero-order chi connectivity index (χ0) is 24.4. The molecule has 2 aliphatic rings. The van der Waals surface area contributed by atoms with E-state index in [4.69, 9.17) is 0 Å². The maximum atomic E-state index is 13.8. The van der Waals surface area contributed by atoms with Gasteiger partial charge in [0.2, 0.25) is 0 Å². The van der Waals surface area contributed by atoms with E-state index in [0.717, 1.165) is 0 Å². The van der Waals surface area contributed by atoms with E-state index >= 15 is 0 Å². The van der Waals surface area contributed by atoms with Gasteiger partial charge in [-0.15, -0.1) is 0 Å². The number of esters is 1. The molecule has 5 unspecified atom stereocenters. The summed E-state index contributed by atoms with van der Waals surface area (Å²) >= 11 is 0. The first-order valence-corrected chi connectivity index (χ1v) is 9.09. The van der Waals surface area contributed by atoms with Gasteiger partial charge >= 0.3 is 36.1 Å². The molecule has 0 saturated heterocycles. The standard InChI is InChI=1S/C17H18F12O2/c1-7-8(2)10-5-9(7)6-12(10,16(24,25)26)11(30)31-4-3-13(18,19)14(20,21)15(22,23)17(27,28)29/h7-10H,3-6H2,1-2H3. The molecule has 0 heterocycles. The molecule has 2 rings (SSSR count). The fraction of sp³-hybridized carbons (Fsp3) is 0.941. The van der Waals surface area contributed by atoms with Crippen LogP contribution in [0.4, 0.5) is 52.7 Å². The Balaban J connectivity index is 2.16. The van der Waals surface area contributed by atoms with Crippen LogP contribution in [-0.4, -0.2) is 42.7 Å². The van der Waals surface area contributed by atoms with Crippen molar-refractivity contribution in [2.75, 3.05) is 6.61 Å². The Labute approximate surface area is 168 Å². The fourth-order valence-electron chi connectivity index (χ4n) is 4.68. The number of alkyl halides is 12. The smallest absolute Gasteiger partial charge is 0.460 e. The molecule has 0 amide bonds. The second-order valence-corrected chi connectivity index (χ2v) is 8.23. The first-order valence-electron chi connectivity index (χ1n) is 9.09. The second-order valence-electron chi connectivity index (χ2n) is 8.23. The van der Waals surface area contributed by atoms with Crippen LogP contribution in [0.15, 0.2) is 0 Å². The maximum absolute atomic E-state index is 13.8. The summed E-state index contributed by atoms with van der Waals surface area (Å²) < 4.78 is 161. The Morgan fingerprint density at radius 1 is 0.871 bits per heavy atom. The molecule has 182 valence electrons. The van der Waals surface area contributed by atoms with E-state index < -0.39 is 78.7 Å². The SMILES string of the molecule is CC1C2CC(C1C)C(C(=O)OCCC(F)(F)C(F)(F)C(F)(F)C(F)(F)F)(C(F)(F)F)C2. The van der Waals surface area contributed by atoms with E-state index in [9.17, 15) is 57.5 Å². The van der Waals surface area contributed by atoms with Gasteiger partial charge in [-0.1, -0.05) is 13.8 Å². The molecular weight excluding hydrogens is 464 g/mol. The molecule has 0 spiro atoms. The van der Waals surface area contributed by atoms with Crippen molar-refractivity contribution >= 4 is 5.97 Å². The van der Waals surface area contributed by atoms with Crippen LogP contribution in [-0.2, 0) is 9.53 Å². The molecule has 2 fully saturated rings. The Morgan fingerprint density at radius 3 is 1.77 bits per heavy atom. The minimum Gasteiger partial charge on any atom is -0.465 e. The van der Waals surface area contributed by atoms with Crippen LogP contribution in [0.3, 0.4) is 0 Å². The lowest BCUT2D eigenvalue weighted by Gasteiger charge is -2.42. The van der Waals surface area contributed by atoms with Gasteiger partial charge in [0, 0.05) is 0 Å². The minimum absolute atomic E-state index is 0.0109. The van der Waals surface area contributed by atoms with Crippen molar-refractivity contribution in [3.05, 3.63) is 0 Å². The third kappa shape index (κ3) is 3.65. The average Bonchev–Trinajstić information content (AvgIpc) is 3.11. The maximum Gasteiger partial charge on any atom is 0.460 e. The number of ether oxygens (including phenoxy) is 1. The highest BCUT2D eigenvalue weighted by molar-refractivity contribution is 5.79. The molecule has 0 aromatic rings. The number of hydrogen-bond acceptors (Lipinski definition) is 2. The number of carbonyl (C=O) groups is 1. The number of halogens is 12. The summed E-state index contributed by atoms with van der Waals surface area (Å²) in [7, 11) is 0. The molecule has 5 atom stereocenters. The quantitative estimate of drug-likeness (QED) is 0.331. The van der Waals surface area contributed by atoms with E-state index in [-0.39, 0.29) is 12.3 Å². The van der Waals surface area contributed by atoms with Crippen molar-refractivity contribution < 1.29 is 62.2 Å². The number of hydrogen-bond donors (Lipinski definition) is 0. The number of fused-ring (bicyclic) bond motifs is 2. The lowest BCUT2D eigenvalue weighted by atomic mass is 9.65. The monoisotopic (exact) mass is 482 g/mol. The van der Waals surface area contributed by atoms with E-state index in [1.54, 1.807) is 6.92 Å². The third-order valence-corrected chi connectivity index (χ3v) is 6.71. The molecule has 2 aliphatic carbocycles. The highest BCUT2D eigenvalue weighted by Crippen LogP contribution is 2.66. The number of carbonyl (C=O) groups excluding carboxylic acids is 1. The zero-order valence-corrected chi connectivity index (χ0v) is 16.0. The normalized spacial score (nSPS) is 32.5. The van der Waals surface area contributed by atoms with Crippen LogP contribution >= 0.6 is 0 Å². The molecule has 2 nitrogen and oxygen atoms in total. The lowest BCUT2D eigenvalue weighted by molar-refractivity contribution is -0.397. The Hall–Kier alpha value is -1.37. The van der Waals surface area contributed by atoms with Gasteiger partial charge in [-0.05, 0) is 36.5 Å². The van der Waals surface area contributed by atoms with Crippen molar-refractivity contribution in [3.63, 3.8) is 0 Å². The Bertz CT molecular complexity index is 696. The van der Waals surface area contributed by atoms with Gasteiger partial charge in [-0.25, -0.2) is 0 Å². The first kappa shape index (κ1) is 25.9. The van der Waals surface area contributed by atoms with E-state index in [1.807, 2.05) is 0 Å². The Kier molecular flexibility index (Phi) is 6.12. The summed E-state index contributed by atoms with van der Waals surface area (Å²) in [6.45, 7) is 1.22. The highest BCUT2D eigenvalue weighted by atomic mass is 19.4. The molecule has 0 N–H and O–H groups in total. The minimum atomic E-state index is -7.13. The van der Waals surface area contributed by atoms with Gasteiger partial charge in [0.05, 0.1) is 13.0 Å². The van der Waals surface area contributed by atoms with Crippen LogP contribution in [0.2, 0.25) is 0 Å². The molecule has 0 aliphatic heterocycles. The van der Waals surface area contributed by atoms with E-state index in [2.05, 4.69) is 4.74 Å². The van der Waals surface area contributed by atoms with Gasteiger partial charge in [0.15, 0.2) is 5.41 Å². The average molecular weight is 482 g/mol. The fourth-order valence-corrected chi connectivity index (χ4v) is 4.68. The van der Waals surface area contributed by atoms with Crippen LogP contribution in [0.1, 0.15) is 33.1 Å². The van der Waals surface area contributed by atoms with Crippen LogP contribution in [0.25, 0.3) is 0 Å². The molecule has 2 bridgehead atoms. The van der Waals surface area contributed by atoms with Gasteiger partial charge in [0.25, 0.3) is 0 Å². The van der Waals surface area contributed by atoms with Gasteiger partial charge < -0.3 is 4.74 Å². The molecule has 0 aromatic heterocycles. The summed E-state index contributed by atoms with van der Waals surface area (Å²) in [5.74, 6) is -24.7. The largest absolute Gasteiger partial charge is 0.465 e. The predicted octanol–water partition coefficient (Wildman–Crippen LogP) is 6.25. The summed E-state index contributed by atoms with van der Waals surface area (Å²) in [6, 6.07) is 0. The predicted molar refractivity (Wildman–Crippen MR) is 79.5 cm³/mol.